The molecular formula is C14H18F3N5OS. The van der Waals surface area contributed by atoms with E-state index in [-0.39, 0.29) is 11.1 Å². The van der Waals surface area contributed by atoms with E-state index in [0.717, 1.165) is 35.6 Å². The minimum Gasteiger partial charge on any atom is -0.337 e. The number of nitriles is 1. The summed E-state index contributed by atoms with van der Waals surface area (Å²) >= 11 is 0.881. The van der Waals surface area contributed by atoms with Crippen LogP contribution in [0, 0.1) is 11.3 Å². The van der Waals surface area contributed by atoms with Crippen LogP contribution in [-0.4, -0.2) is 31.5 Å². The van der Waals surface area contributed by atoms with Gasteiger partial charge in [-0.05, 0) is 19.8 Å². The van der Waals surface area contributed by atoms with Gasteiger partial charge in [0.25, 0.3) is 0 Å². The van der Waals surface area contributed by atoms with E-state index in [1.165, 1.54) is 7.05 Å². The van der Waals surface area contributed by atoms with Gasteiger partial charge in [-0.1, -0.05) is 31.0 Å². The van der Waals surface area contributed by atoms with Gasteiger partial charge in [-0.25, -0.2) is 0 Å². The fourth-order valence-electron chi connectivity index (χ4n) is 2.63. The molecule has 0 aromatic carbocycles. The highest BCUT2D eigenvalue weighted by atomic mass is 32.2. The Balaban J connectivity index is 2.04. The van der Waals surface area contributed by atoms with Crippen molar-refractivity contribution < 1.29 is 18.0 Å². The molecule has 0 bridgehead atoms. The second kappa shape index (κ2) is 7.01. The first-order chi connectivity index (χ1) is 11.2. The van der Waals surface area contributed by atoms with Crippen LogP contribution in [0.15, 0.2) is 5.16 Å². The summed E-state index contributed by atoms with van der Waals surface area (Å²) in [6, 6.07) is 2.18. The van der Waals surface area contributed by atoms with Gasteiger partial charge in [0, 0.05) is 7.05 Å². The SMILES string of the molecule is C[C@@H](Sc1nnc(C(F)(F)F)n1C)C(=O)NC1(C#N)CCCCC1. The summed E-state index contributed by atoms with van der Waals surface area (Å²) in [6.07, 6.45) is -0.646. The van der Waals surface area contributed by atoms with Crippen molar-refractivity contribution in [2.24, 2.45) is 7.05 Å². The number of carbonyl (C=O) groups is 1. The highest BCUT2D eigenvalue weighted by Crippen LogP contribution is 2.32. The topological polar surface area (TPSA) is 83.6 Å². The van der Waals surface area contributed by atoms with E-state index in [4.69, 9.17) is 0 Å². The molecule has 24 heavy (non-hydrogen) atoms. The fraction of sp³-hybridized carbons (Fsp3) is 0.714. The van der Waals surface area contributed by atoms with E-state index in [0.29, 0.717) is 12.8 Å². The quantitative estimate of drug-likeness (QED) is 0.834. The third-order valence-corrected chi connectivity index (χ3v) is 5.16. The molecule has 6 nitrogen and oxygen atoms in total. The lowest BCUT2D eigenvalue weighted by molar-refractivity contribution is -0.147. The first kappa shape index (κ1) is 18.6. The van der Waals surface area contributed by atoms with E-state index in [1.807, 2.05) is 0 Å². The number of nitrogens with one attached hydrogen (secondary N) is 1. The van der Waals surface area contributed by atoms with Gasteiger partial charge in [-0.15, -0.1) is 10.2 Å². The second-order valence-electron chi connectivity index (χ2n) is 5.87. The van der Waals surface area contributed by atoms with Crippen LogP contribution in [-0.2, 0) is 18.0 Å². The van der Waals surface area contributed by atoms with Crippen LogP contribution in [0.3, 0.4) is 0 Å². The summed E-state index contributed by atoms with van der Waals surface area (Å²) in [7, 11) is 1.20. The molecule has 1 atom stereocenters. The van der Waals surface area contributed by atoms with Crippen LogP contribution < -0.4 is 5.32 Å². The number of rotatable bonds is 4. The van der Waals surface area contributed by atoms with Crippen molar-refractivity contribution in [3.8, 4) is 6.07 Å². The van der Waals surface area contributed by atoms with Gasteiger partial charge in [0.15, 0.2) is 5.16 Å². The van der Waals surface area contributed by atoms with E-state index in [9.17, 15) is 23.2 Å². The number of hydrogen-bond acceptors (Lipinski definition) is 5. The third-order valence-electron chi connectivity index (χ3n) is 4.02. The van der Waals surface area contributed by atoms with Gasteiger partial charge in [-0.3, -0.25) is 4.79 Å². The van der Waals surface area contributed by atoms with E-state index in [1.54, 1.807) is 6.92 Å². The smallest absolute Gasteiger partial charge is 0.337 e. The van der Waals surface area contributed by atoms with Crippen molar-refractivity contribution in [1.29, 1.82) is 5.26 Å². The van der Waals surface area contributed by atoms with Gasteiger partial charge < -0.3 is 9.88 Å². The molecule has 1 heterocycles. The molecule has 0 spiro atoms. The molecule has 2 rings (SSSR count). The van der Waals surface area contributed by atoms with E-state index in [2.05, 4.69) is 21.6 Å². The highest BCUT2D eigenvalue weighted by Gasteiger charge is 2.38. The monoisotopic (exact) mass is 361 g/mol. The molecule has 0 radical (unpaired) electrons. The summed E-state index contributed by atoms with van der Waals surface area (Å²) in [5, 5.41) is 18.1. The highest BCUT2D eigenvalue weighted by molar-refractivity contribution is 8.00. The number of thioether (sulfide) groups is 1. The minimum atomic E-state index is -4.60. The number of aromatic nitrogens is 3. The zero-order valence-corrected chi connectivity index (χ0v) is 14.2. The van der Waals surface area contributed by atoms with Gasteiger partial charge >= 0.3 is 6.18 Å². The predicted molar refractivity (Wildman–Crippen MR) is 80.9 cm³/mol. The van der Waals surface area contributed by atoms with Crippen molar-refractivity contribution in [2.45, 2.75) is 61.1 Å². The normalized spacial score (nSPS) is 18.7. The van der Waals surface area contributed by atoms with Crippen molar-refractivity contribution >= 4 is 17.7 Å². The Bertz CT molecular complexity index is 646. The number of hydrogen-bond donors (Lipinski definition) is 1. The molecular weight excluding hydrogens is 343 g/mol. The molecule has 132 valence electrons. The second-order valence-corrected chi connectivity index (χ2v) is 7.17. The Kier molecular flexibility index (Phi) is 5.42. The van der Waals surface area contributed by atoms with Crippen molar-refractivity contribution in [3.05, 3.63) is 5.82 Å². The van der Waals surface area contributed by atoms with Crippen molar-refractivity contribution in [2.75, 3.05) is 0 Å². The van der Waals surface area contributed by atoms with Crippen LogP contribution in [0.25, 0.3) is 0 Å². The van der Waals surface area contributed by atoms with Crippen LogP contribution in [0.1, 0.15) is 44.9 Å². The average molecular weight is 361 g/mol. The van der Waals surface area contributed by atoms with Crippen LogP contribution in [0.2, 0.25) is 0 Å². The molecule has 1 aromatic heterocycles. The lowest BCUT2D eigenvalue weighted by Gasteiger charge is -2.32. The summed E-state index contributed by atoms with van der Waals surface area (Å²) in [4.78, 5) is 12.3. The molecule has 1 amide bonds. The third kappa shape index (κ3) is 4.01. The fourth-order valence-corrected chi connectivity index (χ4v) is 3.45. The van der Waals surface area contributed by atoms with Crippen molar-refractivity contribution in [1.82, 2.24) is 20.1 Å². The lowest BCUT2D eigenvalue weighted by Crippen LogP contribution is -2.50. The molecule has 0 aliphatic heterocycles. The lowest BCUT2D eigenvalue weighted by atomic mass is 9.83. The molecule has 1 N–H and O–H groups in total. The molecule has 1 aliphatic carbocycles. The standard InChI is InChI=1S/C14H18F3N5OS/c1-9(10(23)19-13(8-18)6-4-3-5-7-13)24-12-21-20-11(22(12)2)14(15,16)17/h9H,3-7H2,1-2H3,(H,19,23)/t9-/m1/s1. The Hall–Kier alpha value is -1.76. The molecule has 0 saturated heterocycles. The maximum Gasteiger partial charge on any atom is 0.451 e. The van der Waals surface area contributed by atoms with Gasteiger partial charge in [0.05, 0.1) is 11.3 Å². The van der Waals surface area contributed by atoms with Crippen LogP contribution >= 0.6 is 11.8 Å². The summed E-state index contributed by atoms with van der Waals surface area (Å²) in [5.41, 5.74) is -0.874. The number of amides is 1. The Morgan fingerprint density at radius 3 is 2.50 bits per heavy atom. The molecule has 0 unspecified atom stereocenters. The van der Waals surface area contributed by atoms with Gasteiger partial charge in [0.1, 0.15) is 5.54 Å². The largest absolute Gasteiger partial charge is 0.451 e. The Morgan fingerprint density at radius 2 is 2.00 bits per heavy atom. The minimum absolute atomic E-state index is 0.000346. The molecule has 10 heteroatoms. The summed E-state index contributed by atoms with van der Waals surface area (Å²) < 4.78 is 39.0. The zero-order chi connectivity index (χ0) is 18.0. The molecule has 1 aliphatic rings. The van der Waals surface area contributed by atoms with E-state index < -0.39 is 22.8 Å². The first-order valence-corrected chi connectivity index (χ1v) is 8.43. The first-order valence-electron chi connectivity index (χ1n) is 7.55. The maximum absolute atomic E-state index is 12.7. The van der Waals surface area contributed by atoms with Crippen molar-refractivity contribution in [3.63, 3.8) is 0 Å². The average Bonchev–Trinajstić information content (AvgIpc) is 2.89. The maximum atomic E-state index is 12.7. The Labute approximate surface area is 141 Å². The van der Waals surface area contributed by atoms with Gasteiger partial charge in [-0.2, -0.15) is 18.4 Å². The number of halogens is 3. The number of nitrogens with zero attached hydrogens (tertiary/aromatic N) is 4. The number of alkyl halides is 3. The summed E-state index contributed by atoms with van der Waals surface area (Å²) in [6.45, 7) is 1.57. The molecule has 1 saturated carbocycles. The molecule has 1 fully saturated rings. The van der Waals surface area contributed by atoms with Gasteiger partial charge in [0.2, 0.25) is 11.7 Å². The summed E-state index contributed by atoms with van der Waals surface area (Å²) in [5.74, 6) is -1.50. The Morgan fingerprint density at radius 1 is 1.38 bits per heavy atom. The number of carbonyl (C=O) groups excluding carboxylic acids is 1. The van der Waals surface area contributed by atoms with Crippen LogP contribution in [0.5, 0.6) is 0 Å². The zero-order valence-electron chi connectivity index (χ0n) is 13.4. The van der Waals surface area contributed by atoms with E-state index >= 15 is 0 Å². The van der Waals surface area contributed by atoms with Crippen LogP contribution in [0.4, 0.5) is 13.2 Å². The molecule has 1 aromatic rings. The predicted octanol–water partition coefficient (Wildman–Crippen LogP) is 2.66.